The van der Waals surface area contributed by atoms with Gasteiger partial charge in [0.25, 0.3) is 0 Å². The summed E-state index contributed by atoms with van der Waals surface area (Å²) in [5.74, 6) is -1.24. The number of carbonyl (C=O) groups excluding carboxylic acids is 1. The van der Waals surface area contributed by atoms with Crippen molar-refractivity contribution in [2.45, 2.75) is 24.8 Å². The number of amides is 1. The van der Waals surface area contributed by atoms with Crippen molar-refractivity contribution in [1.29, 1.82) is 0 Å². The van der Waals surface area contributed by atoms with Crippen LogP contribution in [0.15, 0.2) is 22.9 Å². The molecule has 0 bridgehead atoms. The van der Waals surface area contributed by atoms with Crippen molar-refractivity contribution < 1.29 is 14.7 Å². The van der Waals surface area contributed by atoms with Crippen molar-refractivity contribution in [3.05, 3.63) is 28.6 Å². The van der Waals surface area contributed by atoms with Crippen molar-refractivity contribution in [2.75, 3.05) is 0 Å². The summed E-state index contributed by atoms with van der Waals surface area (Å²) in [4.78, 5) is 28.3. The van der Waals surface area contributed by atoms with E-state index in [1.165, 1.54) is 11.3 Å². The molecule has 0 radical (unpaired) electrons. The van der Waals surface area contributed by atoms with Crippen LogP contribution in [0.5, 0.6) is 0 Å². The Labute approximate surface area is 123 Å². The molecule has 0 unspecified atom stereocenters. The Balaban J connectivity index is 1.64. The van der Waals surface area contributed by atoms with Crippen LogP contribution in [-0.2, 0) is 16.0 Å². The highest BCUT2D eigenvalue weighted by Gasteiger charge is 2.51. The molecule has 1 aliphatic rings. The first-order valence-electron chi connectivity index (χ1n) is 6.12. The molecule has 0 aromatic carbocycles. The molecule has 2 heterocycles. The Morgan fingerprint density at radius 3 is 2.80 bits per heavy atom. The van der Waals surface area contributed by atoms with Crippen LogP contribution in [0.1, 0.15) is 18.5 Å². The number of nitrogens with one attached hydrogen (secondary N) is 1. The lowest BCUT2D eigenvalue weighted by atomic mass is 10.2. The van der Waals surface area contributed by atoms with Crippen molar-refractivity contribution in [1.82, 2.24) is 10.3 Å². The van der Waals surface area contributed by atoms with Gasteiger partial charge in [-0.05, 0) is 24.3 Å². The zero-order valence-electron chi connectivity index (χ0n) is 10.5. The van der Waals surface area contributed by atoms with Crippen LogP contribution >= 0.6 is 22.7 Å². The van der Waals surface area contributed by atoms with Gasteiger partial charge < -0.3 is 10.4 Å². The van der Waals surface area contributed by atoms with E-state index in [1.807, 2.05) is 22.9 Å². The normalized spacial score (nSPS) is 15.8. The summed E-state index contributed by atoms with van der Waals surface area (Å²) in [6, 6.07) is 3.94. The molecule has 0 saturated heterocycles. The highest BCUT2D eigenvalue weighted by molar-refractivity contribution is 7.20. The van der Waals surface area contributed by atoms with Crippen molar-refractivity contribution in [2.24, 2.45) is 0 Å². The minimum Gasteiger partial charge on any atom is -0.480 e. The number of hydrogen-bond acceptors (Lipinski definition) is 5. The fraction of sp³-hybridized carbons (Fsp3) is 0.308. The highest BCUT2D eigenvalue weighted by Crippen LogP contribution is 2.35. The predicted octanol–water partition coefficient (Wildman–Crippen LogP) is 2.15. The second kappa shape index (κ2) is 4.99. The number of carboxylic acid groups (broad SMARTS) is 1. The summed E-state index contributed by atoms with van der Waals surface area (Å²) >= 11 is 3.09. The number of aromatic nitrogens is 1. The summed E-state index contributed by atoms with van der Waals surface area (Å²) in [5.41, 5.74) is -0.346. The summed E-state index contributed by atoms with van der Waals surface area (Å²) in [7, 11) is 0. The summed E-state index contributed by atoms with van der Waals surface area (Å²) in [6.45, 7) is 0. The van der Waals surface area contributed by atoms with Gasteiger partial charge >= 0.3 is 5.97 Å². The zero-order chi connectivity index (χ0) is 14.2. The number of thiazole rings is 1. The van der Waals surface area contributed by atoms with Gasteiger partial charge in [-0.2, -0.15) is 0 Å². The first kappa shape index (κ1) is 13.3. The van der Waals surface area contributed by atoms with Gasteiger partial charge in [-0.3, -0.25) is 4.79 Å². The maximum absolute atomic E-state index is 11.9. The predicted molar refractivity (Wildman–Crippen MR) is 76.9 cm³/mol. The SMILES string of the molecule is O=C(Cc1csc(-c2cccs2)n1)NC1(C(=O)O)CC1. The maximum Gasteiger partial charge on any atom is 0.329 e. The molecule has 1 saturated carbocycles. The molecular formula is C13H12N2O3S2. The lowest BCUT2D eigenvalue weighted by Gasteiger charge is -2.11. The fourth-order valence-corrected chi connectivity index (χ4v) is 3.53. The Bertz CT molecular complexity index is 644. The van der Waals surface area contributed by atoms with Crippen LogP contribution in [0.25, 0.3) is 9.88 Å². The first-order valence-corrected chi connectivity index (χ1v) is 7.88. The van der Waals surface area contributed by atoms with Crippen molar-refractivity contribution in [3.8, 4) is 9.88 Å². The zero-order valence-corrected chi connectivity index (χ0v) is 12.1. The third-order valence-corrected chi connectivity index (χ3v) is 5.09. The van der Waals surface area contributed by atoms with E-state index >= 15 is 0 Å². The molecule has 5 nitrogen and oxygen atoms in total. The lowest BCUT2D eigenvalue weighted by molar-refractivity contribution is -0.143. The summed E-state index contributed by atoms with van der Waals surface area (Å²) in [6.07, 6.45) is 1.13. The van der Waals surface area contributed by atoms with Gasteiger partial charge in [0.15, 0.2) is 0 Å². The van der Waals surface area contributed by atoms with E-state index in [4.69, 9.17) is 5.11 Å². The molecule has 3 rings (SSSR count). The molecular weight excluding hydrogens is 296 g/mol. The number of rotatable bonds is 5. The molecule has 1 fully saturated rings. The van der Waals surface area contributed by atoms with E-state index < -0.39 is 11.5 Å². The number of thiophene rings is 1. The molecule has 0 spiro atoms. The molecule has 2 aromatic heterocycles. The molecule has 2 N–H and O–H groups in total. The van der Waals surface area contributed by atoms with Gasteiger partial charge in [0.1, 0.15) is 10.5 Å². The van der Waals surface area contributed by atoms with Crippen LogP contribution in [0.4, 0.5) is 0 Å². The van der Waals surface area contributed by atoms with E-state index in [9.17, 15) is 9.59 Å². The molecule has 7 heteroatoms. The van der Waals surface area contributed by atoms with Gasteiger partial charge in [0, 0.05) is 5.38 Å². The van der Waals surface area contributed by atoms with Crippen LogP contribution in [-0.4, -0.2) is 27.5 Å². The molecule has 1 aliphatic carbocycles. The topological polar surface area (TPSA) is 79.3 Å². The second-order valence-corrected chi connectivity index (χ2v) is 6.54. The number of hydrogen-bond donors (Lipinski definition) is 2. The minimum absolute atomic E-state index is 0.122. The van der Waals surface area contributed by atoms with Gasteiger partial charge in [0.2, 0.25) is 5.91 Å². The molecule has 20 heavy (non-hydrogen) atoms. The van der Waals surface area contributed by atoms with E-state index in [0.717, 1.165) is 9.88 Å². The standard InChI is InChI=1S/C13H12N2O3S2/c16-10(15-13(3-4-13)12(17)18)6-8-7-20-11(14-8)9-2-1-5-19-9/h1-2,5,7H,3-4,6H2,(H,15,16)(H,17,18). The average Bonchev–Trinajstić information content (AvgIpc) is 2.83. The number of carboxylic acids is 1. The molecule has 0 aliphatic heterocycles. The molecule has 104 valence electrons. The minimum atomic E-state index is -1.02. The van der Waals surface area contributed by atoms with Crippen LogP contribution in [0, 0.1) is 0 Å². The third-order valence-electron chi connectivity index (χ3n) is 3.16. The lowest BCUT2D eigenvalue weighted by Crippen LogP contribution is -2.43. The Morgan fingerprint density at radius 2 is 2.20 bits per heavy atom. The van der Waals surface area contributed by atoms with Crippen molar-refractivity contribution in [3.63, 3.8) is 0 Å². The maximum atomic E-state index is 11.9. The smallest absolute Gasteiger partial charge is 0.329 e. The van der Waals surface area contributed by atoms with E-state index in [2.05, 4.69) is 10.3 Å². The Kier molecular flexibility index (Phi) is 3.31. The fourth-order valence-electron chi connectivity index (χ4n) is 1.89. The van der Waals surface area contributed by atoms with Crippen molar-refractivity contribution >= 4 is 34.6 Å². The van der Waals surface area contributed by atoms with Gasteiger partial charge in [0.05, 0.1) is 17.0 Å². The van der Waals surface area contributed by atoms with E-state index in [1.54, 1.807) is 11.3 Å². The summed E-state index contributed by atoms with van der Waals surface area (Å²) < 4.78 is 0. The number of carbonyl (C=O) groups is 2. The van der Waals surface area contributed by atoms with Gasteiger partial charge in [-0.1, -0.05) is 6.07 Å². The summed E-state index contributed by atoms with van der Waals surface area (Å²) in [5, 5.41) is 16.3. The van der Waals surface area contributed by atoms with Crippen LogP contribution < -0.4 is 5.32 Å². The monoisotopic (exact) mass is 308 g/mol. The highest BCUT2D eigenvalue weighted by atomic mass is 32.1. The molecule has 2 aromatic rings. The second-order valence-electron chi connectivity index (χ2n) is 4.73. The van der Waals surface area contributed by atoms with Crippen LogP contribution in [0.2, 0.25) is 0 Å². The largest absolute Gasteiger partial charge is 0.480 e. The quantitative estimate of drug-likeness (QED) is 0.887. The average molecular weight is 308 g/mol. The first-order chi connectivity index (χ1) is 9.59. The third kappa shape index (κ3) is 2.59. The van der Waals surface area contributed by atoms with Gasteiger partial charge in [-0.25, -0.2) is 9.78 Å². The Morgan fingerprint density at radius 1 is 1.40 bits per heavy atom. The van der Waals surface area contributed by atoms with Gasteiger partial charge in [-0.15, -0.1) is 22.7 Å². The molecule has 0 atom stereocenters. The van der Waals surface area contributed by atoms with E-state index in [-0.39, 0.29) is 12.3 Å². The molecule has 1 amide bonds. The van der Waals surface area contributed by atoms with E-state index in [0.29, 0.717) is 18.5 Å². The Hall–Kier alpha value is -1.73. The number of nitrogens with zero attached hydrogens (tertiary/aromatic N) is 1. The number of aliphatic carboxylic acids is 1. The van der Waals surface area contributed by atoms with Crippen LogP contribution in [0.3, 0.4) is 0 Å².